The SMILES string of the molecule is COc1ccc(C2C3=C(CCCC3=O)N=c3sc(=Cc4cccnc4)c(=O)n32)cc1. The maximum Gasteiger partial charge on any atom is 0.271 e. The van der Waals surface area contributed by atoms with E-state index in [1.165, 1.54) is 11.3 Å². The fourth-order valence-corrected chi connectivity index (χ4v) is 5.04. The molecule has 3 aromatic rings. The highest BCUT2D eigenvalue weighted by Gasteiger charge is 2.34. The molecule has 0 amide bonds. The van der Waals surface area contributed by atoms with Crippen LogP contribution in [-0.2, 0) is 4.79 Å². The van der Waals surface area contributed by atoms with Crippen molar-refractivity contribution in [1.82, 2.24) is 9.55 Å². The van der Waals surface area contributed by atoms with Crippen LogP contribution in [0, 0.1) is 0 Å². The van der Waals surface area contributed by atoms with Crippen molar-refractivity contribution < 1.29 is 9.53 Å². The van der Waals surface area contributed by atoms with Gasteiger partial charge in [0.2, 0.25) is 0 Å². The summed E-state index contributed by atoms with van der Waals surface area (Å²) in [5.41, 5.74) is 3.03. The summed E-state index contributed by atoms with van der Waals surface area (Å²) in [6.45, 7) is 0. The highest BCUT2D eigenvalue weighted by Crippen LogP contribution is 2.36. The Balaban J connectivity index is 1.75. The van der Waals surface area contributed by atoms with Gasteiger partial charge >= 0.3 is 0 Å². The van der Waals surface area contributed by atoms with Gasteiger partial charge in [-0.15, -0.1) is 0 Å². The van der Waals surface area contributed by atoms with Gasteiger partial charge in [0.25, 0.3) is 5.56 Å². The summed E-state index contributed by atoms with van der Waals surface area (Å²) >= 11 is 1.35. The van der Waals surface area contributed by atoms with Crippen molar-refractivity contribution in [3.63, 3.8) is 0 Å². The quantitative estimate of drug-likeness (QED) is 0.656. The van der Waals surface area contributed by atoms with Crippen molar-refractivity contribution in [2.75, 3.05) is 7.11 Å². The molecule has 1 atom stereocenters. The van der Waals surface area contributed by atoms with E-state index in [9.17, 15) is 9.59 Å². The van der Waals surface area contributed by atoms with Gasteiger partial charge in [0.1, 0.15) is 5.75 Å². The third-order valence-corrected chi connectivity index (χ3v) is 6.42. The third kappa shape index (κ3) is 3.11. The van der Waals surface area contributed by atoms with E-state index in [2.05, 4.69) is 4.98 Å². The zero-order valence-corrected chi connectivity index (χ0v) is 17.2. The van der Waals surface area contributed by atoms with E-state index < -0.39 is 6.04 Å². The fraction of sp³-hybridized carbons (Fsp3) is 0.217. The molecule has 7 heteroatoms. The number of hydrogen-bond donors (Lipinski definition) is 0. The standard InChI is InChI=1S/C23H19N3O3S/c1-29-16-9-7-15(8-10-16)21-20-17(5-2-6-18(20)27)25-23-26(21)22(28)19(30-23)12-14-4-3-11-24-13-14/h3-4,7-13,21H,2,5-6H2,1H3. The van der Waals surface area contributed by atoms with Crippen molar-refractivity contribution >= 4 is 23.2 Å². The van der Waals surface area contributed by atoms with E-state index >= 15 is 0 Å². The predicted molar refractivity (Wildman–Crippen MR) is 114 cm³/mol. The van der Waals surface area contributed by atoms with Crippen LogP contribution in [0.15, 0.2) is 69.8 Å². The van der Waals surface area contributed by atoms with Crippen LogP contribution in [0.1, 0.15) is 36.4 Å². The molecule has 30 heavy (non-hydrogen) atoms. The summed E-state index contributed by atoms with van der Waals surface area (Å²) in [4.78, 5) is 35.8. The minimum absolute atomic E-state index is 0.0716. The molecule has 1 unspecified atom stereocenters. The Morgan fingerprint density at radius 1 is 1.17 bits per heavy atom. The molecular weight excluding hydrogens is 398 g/mol. The first-order chi connectivity index (χ1) is 14.7. The topological polar surface area (TPSA) is 73.6 Å². The van der Waals surface area contributed by atoms with Crippen LogP contribution in [0.5, 0.6) is 5.75 Å². The van der Waals surface area contributed by atoms with Gasteiger partial charge < -0.3 is 4.74 Å². The molecule has 0 saturated carbocycles. The van der Waals surface area contributed by atoms with Gasteiger partial charge in [-0.05, 0) is 48.2 Å². The number of ether oxygens (including phenoxy) is 1. The molecule has 0 N–H and O–H groups in total. The average molecular weight is 417 g/mol. The molecule has 0 fully saturated rings. The lowest BCUT2D eigenvalue weighted by atomic mass is 9.86. The number of nitrogens with zero attached hydrogens (tertiary/aromatic N) is 3. The Morgan fingerprint density at radius 2 is 2.00 bits per heavy atom. The van der Waals surface area contributed by atoms with Gasteiger partial charge in [0.05, 0.1) is 23.4 Å². The summed E-state index contributed by atoms with van der Waals surface area (Å²) in [5, 5.41) is 0. The summed E-state index contributed by atoms with van der Waals surface area (Å²) in [7, 11) is 1.61. The highest BCUT2D eigenvalue weighted by atomic mass is 32.1. The van der Waals surface area contributed by atoms with Crippen molar-refractivity contribution in [2.24, 2.45) is 4.99 Å². The molecule has 1 aliphatic heterocycles. The normalized spacial score (nSPS) is 18.6. The fourth-order valence-electron chi connectivity index (χ4n) is 4.02. The molecule has 2 aliphatic rings. The Morgan fingerprint density at radius 3 is 2.73 bits per heavy atom. The van der Waals surface area contributed by atoms with Crippen LogP contribution in [0.3, 0.4) is 0 Å². The Kier molecular flexibility index (Phi) is 4.67. The van der Waals surface area contributed by atoms with E-state index in [1.807, 2.05) is 42.5 Å². The Bertz CT molecular complexity index is 1340. The van der Waals surface area contributed by atoms with Gasteiger partial charge in [0, 0.05) is 24.4 Å². The first-order valence-electron chi connectivity index (χ1n) is 9.78. The maximum absolute atomic E-state index is 13.4. The number of ketones is 1. The predicted octanol–water partition coefficient (Wildman–Crippen LogP) is 2.37. The summed E-state index contributed by atoms with van der Waals surface area (Å²) in [6, 6.07) is 10.8. The van der Waals surface area contributed by atoms with Crippen molar-refractivity contribution in [3.8, 4) is 5.75 Å². The highest BCUT2D eigenvalue weighted by molar-refractivity contribution is 7.07. The second kappa shape index (κ2) is 7.50. The molecule has 0 spiro atoms. The minimum atomic E-state index is -0.467. The Labute approximate surface area is 176 Å². The van der Waals surface area contributed by atoms with E-state index in [0.29, 0.717) is 21.3 Å². The number of aromatic nitrogens is 2. The van der Waals surface area contributed by atoms with Crippen molar-refractivity contribution in [1.29, 1.82) is 0 Å². The first kappa shape index (κ1) is 18.7. The van der Waals surface area contributed by atoms with Gasteiger partial charge in [-0.25, -0.2) is 4.99 Å². The lowest BCUT2D eigenvalue weighted by Crippen LogP contribution is -2.40. The first-order valence-corrected chi connectivity index (χ1v) is 10.6. The molecule has 5 rings (SSSR count). The number of Topliss-reactive ketones (excluding diaryl/α,β-unsaturated/α-hetero) is 1. The zero-order valence-electron chi connectivity index (χ0n) is 16.4. The lowest BCUT2D eigenvalue weighted by molar-refractivity contribution is -0.116. The smallest absolute Gasteiger partial charge is 0.271 e. The number of hydrogen-bond acceptors (Lipinski definition) is 6. The number of pyridine rings is 1. The summed E-state index contributed by atoms with van der Waals surface area (Å²) in [6.07, 6.45) is 7.27. The molecule has 0 bridgehead atoms. The molecule has 3 heterocycles. The van der Waals surface area contributed by atoms with Gasteiger partial charge in [0.15, 0.2) is 10.6 Å². The average Bonchev–Trinajstić information content (AvgIpc) is 3.08. The summed E-state index contributed by atoms with van der Waals surface area (Å²) < 4.78 is 7.51. The van der Waals surface area contributed by atoms with Crippen molar-refractivity contribution in [2.45, 2.75) is 25.3 Å². The summed E-state index contributed by atoms with van der Waals surface area (Å²) in [5.74, 6) is 0.800. The second-order valence-electron chi connectivity index (χ2n) is 7.28. The third-order valence-electron chi connectivity index (χ3n) is 5.44. The maximum atomic E-state index is 13.4. The van der Waals surface area contributed by atoms with Gasteiger partial charge in [-0.3, -0.25) is 19.1 Å². The number of carbonyl (C=O) groups is 1. The zero-order chi connectivity index (χ0) is 20.7. The van der Waals surface area contributed by atoms with Crippen molar-refractivity contribution in [3.05, 3.63) is 90.9 Å². The minimum Gasteiger partial charge on any atom is -0.497 e. The van der Waals surface area contributed by atoms with Crippen LogP contribution < -0.4 is 19.6 Å². The molecule has 150 valence electrons. The molecule has 6 nitrogen and oxygen atoms in total. The largest absolute Gasteiger partial charge is 0.497 e. The molecule has 0 saturated heterocycles. The van der Waals surface area contributed by atoms with Crippen LogP contribution in [-0.4, -0.2) is 22.4 Å². The van der Waals surface area contributed by atoms with Crippen LogP contribution in [0.25, 0.3) is 6.08 Å². The molecular formula is C23H19N3O3S. The van der Waals surface area contributed by atoms with E-state index in [1.54, 1.807) is 24.1 Å². The van der Waals surface area contributed by atoms with Crippen LogP contribution in [0.4, 0.5) is 0 Å². The number of methoxy groups -OCH3 is 1. The van der Waals surface area contributed by atoms with E-state index in [0.717, 1.165) is 35.4 Å². The van der Waals surface area contributed by atoms with Crippen LogP contribution >= 0.6 is 11.3 Å². The number of fused-ring (bicyclic) bond motifs is 1. The number of benzene rings is 1. The van der Waals surface area contributed by atoms with E-state index in [4.69, 9.17) is 9.73 Å². The number of thiazole rings is 1. The Hall–Kier alpha value is -3.32. The number of allylic oxidation sites excluding steroid dienone is 2. The monoisotopic (exact) mass is 417 g/mol. The molecule has 0 radical (unpaired) electrons. The lowest BCUT2D eigenvalue weighted by Gasteiger charge is -2.28. The van der Waals surface area contributed by atoms with E-state index in [-0.39, 0.29) is 11.3 Å². The molecule has 2 aromatic heterocycles. The second-order valence-corrected chi connectivity index (χ2v) is 8.29. The molecule has 1 aromatic carbocycles. The van der Waals surface area contributed by atoms with Gasteiger partial charge in [-0.2, -0.15) is 0 Å². The number of rotatable bonds is 3. The van der Waals surface area contributed by atoms with Gasteiger partial charge in [-0.1, -0.05) is 29.5 Å². The van der Waals surface area contributed by atoms with Crippen LogP contribution in [0.2, 0.25) is 0 Å². The number of carbonyl (C=O) groups excluding carboxylic acids is 1. The molecule has 1 aliphatic carbocycles.